The van der Waals surface area contributed by atoms with Crippen LogP contribution >= 0.6 is 24.2 Å². The monoisotopic (exact) mass is 263 g/mol. The van der Waals surface area contributed by atoms with Crippen molar-refractivity contribution in [3.8, 4) is 0 Å². The summed E-state index contributed by atoms with van der Waals surface area (Å²) in [6.45, 7) is 13.1. The van der Waals surface area contributed by atoms with E-state index in [2.05, 4.69) is 51.4 Å². The molecule has 0 aliphatic carbocycles. The molecule has 3 nitrogen and oxygen atoms in total. The van der Waals surface area contributed by atoms with Gasteiger partial charge < -0.3 is 4.90 Å². The lowest BCUT2D eigenvalue weighted by molar-refractivity contribution is 0.128. The summed E-state index contributed by atoms with van der Waals surface area (Å²) in [5.41, 5.74) is 0.0728. The third kappa shape index (κ3) is 3.67. The van der Waals surface area contributed by atoms with E-state index in [9.17, 15) is 0 Å². The van der Waals surface area contributed by atoms with Crippen molar-refractivity contribution < 1.29 is 0 Å². The third-order valence-electron chi connectivity index (χ3n) is 2.10. The van der Waals surface area contributed by atoms with Crippen molar-refractivity contribution in [2.75, 3.05) is 5.75 Å². The zero-order valence-corrected chi connectivity index (χ0v) is 12.6. The highest BCUT2D eigenvalue weighted by Crippen LogP contribution is 2.31. The van der Waals surface area contributed by atoms with Crippen LogP contribution in [0.25, 0.3) is 0 Å². The molecule has 0 spiro atoms. The van der Waals surface area contributed by atoms with E-state index in [1.807, 2.05) is 0 Å². The SMILES string of the molecule is CC(C)(C)N(C1=NC(=N)CS1)C(C)(C)C.Cl. The molecule has 1 aliphatic rings. The van der Waals surface area contributed by atoms with E-state index in [1.54, 1.807) is 11.8 Å². The van der Waals surface area contributed by atoms with E-state index >= 15 is 0 Å². The predicted molar refractivity (Wildman–Crippen MR) is 76.2 cm³/mol. The molecule has 0 bridgehead atoms. The summed E-state index contributed by atoms with van der Waals surface area (Å²) in [6.07, 6.45) is 0. The second-order valence-corrected chi connectivity index (χ2v) is 6.75. The van der Waals surface area contributed by atoms with Crippen LogP contribution in [0.5, 0.6) is 0 Å². The van der Waals surface area contributed by atoms with Crippen molar-refractivity contribution in [2.24, 2.45) is 4.99 Å². The van der Waals surface area contributed by atoms with E-state index in [4.69, 9.17) is 5.41 Å². The number of amidine groups is 2. The Balaban J connectivity index is 0.00000225. The minimum atomic E-state index is 0. The number of hydrogen-bond donors (Lipinski definition) is 1. The van der Waals surface area contributed by atoms with Crippen molar-refractivity contribution in [3.05, 3.63) is 0 Å². The van der Waals surface area contributed by atoms with Gasteiger partial charge in [0.1, 0.15) is 5.84 Å². The summed E-state index contributed by atoms with van der Waals surface area (Å²) in [6, 6.07) is 0. The summed E-state index contributed by atoms with van der Waals surface area (Å²) >= 11 is 1.66. The molecule has 1 N–H and O–H groups in total. The highest BCUT2D eigenvalue weighted by Gasteiger charge is 2.36. The van der Waals surface area contributed by atoms with Gasteiger partial charge in [-0.3, -0.25) is 5.41 Å². The maximum absolute atomic E-state index is 7.55. The fourth-order valence-corrected chi connectivity index (χ4v) is 3.19. The molecule has 5 heteroatoms. The number of rotatable bonds is 0. The molecule has 16 heavy (non-hydrogen) atoms. The lowest BCUT2D eigenvalue weighted by Crippen LogP contribution is -2.54. The molecular weight excluding hydrogens is 242 g/mol. The minimum absolute atomic E-state index is 0. The molecule has 0 atom stereocenters. The topological polar surface area (TPSA) is 39.5 Å². The fourth-order valence-electron chi connectivity index (χ4n) is 2.01. The van der Waals surface area contributed by atoms with E-state index in [0.717, 1.165) is 5.17 Å². The summed E-state index contributed by atoms with van der Waals surface area (Å²) in [7, 11) is 0. The Morgan fingerprint density at radius 3 is 1.81 bits per heavy atom. The Hall–Kier alpha value is -0.220. The molecule has 0 unspecified atom stereocenters. The standard InChI is InChI=1S/C11H21N3S.ClH/c1-10(2,3)14(11(4,5)6)9-13-8(12)7-15-9;/h12H,7H2,1-6H3;1H. The number of halogens is 1. The van der Waals surface area contributed by atoms with Gasteiger partial charge in [0, 0.05) is 11.1 Å². The zero-order valence-electron chi connectivity index (χ0n) is 10.9. The Morgan fingerprint density at radius 1 is 1.12 bits per heavy atom. The predicted octanol–water partition coefficient (Wildman–Crippen LogP) is 3.39. The number of thioether (sulfide) groups is 1. The van der Waals surface area contributed by atoms with Crippen LogP contribution in [0.4, 0.5) is 0 Å². The van der Waals surface area contributed by atoms with Crippen LogP contribution in [0.1, 0.15) is 41.5 Å². The number of aliphatic imine (C=N–C) groups is 1. The molecule has 0 aromatic carbocycles. The molecule has 0 radical (unpaired) electrons. The number of nitrogens with one attached hydrogen (secondary N) is 1. The van der Waals surface area contributed by atoms with Crippen LogP contribution in [0.3, 0.4) is 0 Å². The largest absolute Gasteiger partial charge is 0.341 e. The van der Waals surface area contributed by atoms with E-state index in [1.165, 1.54) is 0 Å². The van der Waals surface area contributed by atoms with Crippen LogP contribution in [0.15, 0.2) is 4.99 Å². The van der Waals surface area contributed by atoms with Gasteiger partial charge in [0.15, 0.2) is 5.17 Å². The molecule has 0 amide bonds. The first kappa shape index (κ1) is 15.8. The molecule has 0 aromatic heterocycles. The first-order chi connectivity index (χ1) is 6.62. The molecule has 1 heterocycles. The second kappa shape index (κ2) is 4.96. The molecule has 0 aromatic rings. The van der Waals surface area contributed by atoms with Gasteiger partial charge in [-0.2, -0.15) is 0 Å². The molecule has 0 saturated carbocycles. The van der Waals surface area contributed by atoms with Gasteiger partial charge in [-0.25, -0.2) is 4.99 Å². The fraction of sp³-hybridized carbons (Fsp3) is 0.818. The molecule has 0 saturated heterocycles. The van der Waals surface area contributed by atoms with Gasteiger partial charge >= 0.3 is 0 Å². The third-order valence-corrected chi connectivity index (χ3v) is 3.05. The zero-order chi connectivity index (χ0) is 11.9. The van der Waals surface area contributed by atoms with Gasteiger partial charge in [-0.1, -0.05) is 11.8 Å². The van der Waals surface area contributed by atoms with Gasteiger partial charge in [0.2, 0.25) is 0 Å². The first-order valence-corrected chi connectivity index (χ1v) is 6.20. The van der Waals surface area contributed by atoms with Crippen molar-refractivity contribution >= 4 is 35.2 Å². The lowest BCUT2D eigenvalue weighted by atomic mass is 9.97. The van der Waals surface area contributed by atoms with Crippen LogP contribution < -0.4 is 0 Å². The maximum Gasteiger partial charge on any atom is 0.167 e. The van der Waals surface area contributed by atoms with Gasteiger partial charge in [0.05, 0.1) is 5.75 Å². The summed E-state index contributed by atoms with van der Waals surface area (Å²) in [5, 5.41) is 8.53. The molecule has 1 aliphatic heterocycles. The van der Waals surface area contributed by atoms with Gasteiger partial charge in [-0.15, -0.1) is 12.4 Å². The highest BCUT2D eigenvalue weighted by atomic mass is 35.5. The Kier molecular flexibility index (Phi) is 4.89. The van der Waals surface area contributed by atoms with Gasteiger partial charge in [0.25, 0.3) is 0 Å². The van der Waals surface area contributed by atoms with Crippen molar-refractivity contribution in [1.29, 1.82) is 5.41 Å². The molecule has 94 valence electrons. The van der Waals surface area contributed by atoms with Crippen LogP contribution in [0.2, 0.25) is 0 Å². The Bertz CT molecular complexity index is 285. The van der Waals surface area contributed by atoms with E-state index < -0.39 is 0 Å². The lowest BCUT2D eigenvalue weighted by Gasteiger charge is -2.46. The smallest absolute Gasteiger partial charge is 0.167 e. The van der Waals surface area contributed by atoms with Crippen molar-refractivity contribution in [2.45, 2.75) is 52.6 Å². The first-order valence-electron chi connectivity index (χ1n) is 5.21. The molecule has 1 rings (SSSR count). The molecular formula is C11H22ClN3S. The molecule has 0 fully saturated rings. The second-order valence-electron chi connectivity index (χ2n) is 5.81. The van der Waals surface area contributed by atoms with E-state index in [-0.39, 0.29) is 23.5 Å². The number of hydrogen-bond acceptors (Lipinski definition) is 3. The van der Waals surface area contributed by atoms with E-state index in [0.29, 0.717) is 11.6 Å². The maximum atomic E-state index is 7.55. The average molecular weight is 264 g/mol. The van der Waals surface area contributed by atoms with Crippen LogP contribution in [0, 0.1) is 5.41 Å². The van der Waals surface area contributed by atoms with Gasteiger partial charge in [-0.05, 0) is 41.5 Å². The van der Waals surface area contributed by atoms with Crippen LogP contribution in [-0.2, 0) is 0 Å². The van der Waals surface area contributed by atoms with Crippen molar-refractivity contribution in [3.63, 3.8) is 0 Å². The quantitative estimate of drug-likeness (QED) is 0.728. The summed E-state index contributed by atoms with van der Waals surface area (Å²) in [4.78, 5) is 6.61. The summed E-state index contributed by atoms with van der Waals surface area (Å²) < 4.78 is 0. The highest BCUT2D eigenvalue weighted by molar-refractivity contribution is 8.14. The normalized spacial score (nSPS) is 16.9. The Labute approximate surface area is 109 Å². The van der Waals surface area contributed by atoms with Crippen LogP contribution in [-0.4, -0.2) is 32.7 Å². The number of nitrogens with zero attached hydrogens (tertiary/aromatic N) is 2. The average Bonchev–Trinajstić information content (AvgIpc) is 2.28. The summed E-state index contributed by atoms with van der Waals surface area (Å²) in [5.74, 6) is 1.19. The minimum Gasteiger partial charge on any atom is -0.341 e. The van der Waals surface area contributed by atoms with Crippen molar-refractivity contribution in [1.82, 2.24) is 4.90 Å². The Morgan fingerprint density at radius 2 is 1.56 bits per heavy atom.